The second-order valence-corrected chi connectivity index (χ2v) is 5.54. The number of alkyl halides is 2. The Labute approximate surface area is 130 Å². The molecule has 1 N–H and O–H groups in total. The summed E-state index contributed by atoms with van der Waals surface area (Å²) in [4.78, 5) is 2.37. The molecule has 1 aliphatic rings. The summed E-state index contributed by atoms with van der Waals surface area (Å²) < 4.78 is 34.9. The number of nitrogens with one attached hydrogen (secondary N) is 1. The number of ether oxygens (including phenoxy) is 2. The third kappa shape index (κ3) is 4.90. The van der Waals surface area contributed by atoms with E-state index in [9.17, 15) is 8.78 Å². The van der Waals surface area contributed by atoms with Crippen LogP contribution in [-0.4, -0.2) is 50.4 Å². The van der Waals surface area contributed by atoms with E-state index in [1.165, 1.54) is 0 Å². The molecule has 6 heteroatoms. The van der Waals surface area contributed by atoms with Crippen molar-refractivity contribution in [1.29, 1.82) is 0 Å². The first-order chi connectivity index (χ1) is 10.6. The van der Waals surface area contributed by atoms with Crippen LogP contribution in [0.2, 0.25) is 0 Å². The van der Waals surface area contributed by atoms with Gasteiger partial charge in [0.25, 0.3) is 0 Å². The van der Waals surface area contributed by atoms with Crippen LogP contribution in [0.4, 0.5) is 8.78 Å². The topological polar surface area (TPSA) is 33.7 Å². The van der Waals surface area contributed by atoms with Crippen LogP contribution in [0.25, 0.3) is 0 Å². The van der Waals surface area contributed by atoms with Crippen molar-refractivity contribution in [3.63, 3.8) is 0 Å². The minimum absolute atomic E-state index is 0.0570. The minimum Gasteiger partial charge on any atom is -0.434 e. The summed E-state index contributed by atoms with van der Waals surface area (Å²) in [7, 11) is 0. The van der Waals surface area contributed by atoms with Gasteiger partial charge in [0.1, 0.15) is 5.75 Å². The van der Waals surface area contributed by atoms with Crippen LogP contribution in [0, 0.1) is 0 Å². The highest BCUT2D eigenvalue weighted by Gasteiger charge is 2.19. The molecular formula is C16H24F2N2O2. The molecule has 0 aliphatic carbocycles. The van der Waals surface area contributed by atoms with Crippen LogP contribution < -0.4 is 10.1 Å². The van der Waals surface area contributed by atoms with Gasteiger partial charge in [-0.1, -0.05) is 18.2 Å². The summed E-state index contributed by atoms with van der Waals surface area (Å²) in [6.07, 6.45) is 0. The summed E-state index contributed by atoms with van der Waals surface area (Å²) in [6.45, 7) is 5.50. The number of hydrogen-bond donors (Lipinski definition) is 1. The number of hydrogen-bond acceptors (Lipinski definition) is 4. The molecule has 0 aromatic heterocycles. The zero-order valence-corrected chi connectivity index (χ0v) is 13.1. The molecule has 22 heavy (non-hydrogen) atoms. The summed E-state index contributed by atoms with van der Waals surface area (Å²) >= 11 is 0. The Bertz CT molecular complexity index is 454. The number of para-hydroxylation sites is 1. The lowest BCUT2D eigenvalue weighted by Crippen LogP contribution is -2.46. The lowest BCUT2D eigenvalue weighted by atomic mass is 10.1. The highest BCUT2D eigenvalue weighted by atomic mass is 19.3. The first kappa shape index (κ1) is 17.1. The molecule has 0 radical (unpaired) electrons. The quantitative estimate of drug-likeness (QED) is 0.839. The molecular weight excluding hydrogens is 290 g/mol. The standard InChI is InChI=1S/C16H24F2N2O2/c1-12(20-7-9-21-10-8-20)11-19-13(2)14-5-3-4-6-15(14)22-16(17)18/h3-6,12-13,16,19H,7-11H2,1-2H3/t12-,13-/m1/s1. The molecule has 2 rings (SSSR count). The van der Waals surface area contributed by atoms with Gasteiger partial charge in [0.05, 0.1) is 13.2 Å². The Morgan fingerprint density at radius 1 is 1.23 bits per heavy atom. The van der Waals surface area contributed by atoms with Gasteiger partial charge in [0.2, 0.25) is 0 Å². The fourth-order valence-electron chi connectivity index (χ4n) is 2.65. The molecule has 0 bridgehead atoms. The number of morpholine rings is 1. The molecule has 2 atom stereocenters. The lowest BCUT2D eigenvalue weighted by Gasteiger charge is -2.33. The molecule has 1 fully saturated rings. The van der Waals surface area contributed by atoms with Gasteiger partial charge in [-0.3, -0.25) is 4.90 Å². The van der Waals surface area contributed by atoms with E-state index in [1.54, 1.807) is 12.1 Å². The molecule has 1 heterocycles. The number of halogens is 2. The fraction of sp³-hybridized carbons (Fsp3) is 0.625. The highest BCUT2D eigenvalue weighted by Crippen LogP contribution is 2.26. The predicted octanol–water partition coefficient (Wildman–Crippen LogP) is 2.66. The van der Waals surface area contributed by atoms with Gasteiger partial charge < -0.3 is 14.8 Å². The minimum atomic E-state index is -2.80. The van der Waals surface area contributed by atoms with E-state index in [2.05, 4.69) is 21.9 Å². The zero-order valence-electron chi connectivity index (χ0n) is 13.1. The van der Waals surface area contributed by atoms with Crippen LogP contribution >= 0.6 is 0 Å². The zero-order chi connectivity index (χ0) is 15.9. The van der Waals surface area contributed by atoms with Crippen molar-refractivity contribution in [3.8, 4) is 5.75 Å². The van der Waals surface area contributed by atoms with E-state index in [-0.39, 0.29) is 11.8 Å². The second kappa shape index (κ2) is 8.41. The van der Waals surface area contributed by atoms with Crippen LogP contribution in [-0.2, 0) is 4.74 Å². The van der Waals surface area contributed by atoms with E-state index in [0.717, 1.165) is 38.4 Å². The molecule has 0 amide bonds. The first-order valence-electron chi connectivity index (χ1n) is 7.67. The van der Waals surface area contributed by atoms with Crippen LogP contribution in [0.1, 0.15) is 25.5 Å². The molecule has 0 spiro atoms. The van der Waals surface area contributed by atoms with E-state index >= 15 is 0 Å². The maximum Gasteiger partial charge on any atom is 0.387 e. The molecule has 1 saturated heterocycles. The highest BCUT2D eigenvalue weighted by molar-refractivity contribution is 5.35. The van der Waals surface area contributed by atoms with Crippen molar-refractivity contribution in [2.24, 2.45) is 0 Å². The van der Waals surface area contributed by atoms with E-state index in [1.807, 2.05) is 19.1 Å². The monoisotopic (exact) mass is 314 g/mol. The Balaban J connectivity index is 1.90. The Kier molecular flexibility index (Phi) is 6.54. The van der Waals surface area contributed by atoms with Gasteiger partial charge in [-0.25, -0.2) is 0 Å². The van der Waals surface area contributed by atoms with Gasteiger partial charge in [-0.15, -0.1) is 0 Å². The molecule has 1 aromatic carbocycles. The molecule has 0 saturated carbocycles. The Hall–Kier alpha value is -1.24. The normalized spacial score (nSPS) is 19.1. The summed E-state index contributed by atoms with van der Waals surface area (Å²) in [5.74, 6) is 0.233. The largest absolute Gasteiger partial charge is 0.434 e. The van der Waals surface area contributed by atoms with Gasteiger partial charge >= 0.3 is 6.61 Å². The predicted molar refractivity (Wildman–Crippen MR) is 81.3 cm³/mol. The summed E-state index contributed by atoms with van der Waals surface area (Å²) in [6, 6.07) is 7.23. The van der Waals surface area contributed by atoms with Gasteiger partial charge in [-0.2, -0.15) is 8.78 Å². The van der Waals surface area contributed by atoms with E-state index in [0.29, 0.717) is 6.04 Å². The van der Waals surface area contributed by atoms with Crippen molar-refractivity contribution < 1.29 is 18.3 Å². The molecule has 0 unspecified atom stereocenters. The smallest absolute Gasteiger partial charge is 0.387 e. The number of rotatable bonds is 7. The molecule has 1 aliphatic heterocycles. The maximum absolute atomic E-state index is 12.5. The Morgan fingerprint density at radius 3 is 2.59 bits per heavy atom. The third-order valence-corrected chi connectivity index (χ3v) is 3.99. The van der Waals surface area contributed by atoms with Gasteiger partial charge in [0.15, 0.2) is 0 Å². The van der Waals surface area contributed by atoms with Gasteiger partial charge in [0, 0.05) is 37.3 Å². The third-order valence-electron chi connectivity index (χ3n) is 3.99. The van der Waals surface area contributed by atoms with Gasteiger partial charge in [-0.05, 0) is 19.9 Å². The average molecular weight is 314 g/mol. The number of benzene rings is 1. The molecule has 1 aromatic rings. The van der Waals surface area contributed by atoms with Crippen molar-refractivity contribution >= 4 is 0 Å². The first-order valence-corrected chi connectivity index (χ1v) is 7.67. The van der Waals surface area contributed by atoms with E-state index in [4.69, 9.17) is 4.74 Å². The SMILES string of the molecule is C[C@H](CN[C@H](C)c1ccccc1OC(F)F)N1CCOCC1. The van der Waals surface area contributed by atoms with Crippen LogP contribution in [0.5, 0.6) is 5.75 Å². The van der Waals surface area contributed by atoms with Crippen molar-refractivity contribution in [2.75, 3.05) is 32.8 Å². The summed E-state index contributed by atoms with van der Waals surface area (Å²) in [5, 5.41) is 3.40. The van der Waals surface area contributed by atoms with Crippen molar-refractivity contribution in [2.45, 2.75) is 32.5 Å². The van der Waals surface area contributed by atoms with Crippen molar-refractivity contribution in [1.82, 2.24) is 10.2 Å². The molecule has 4 nitrogen and oxygen atoms in total. The number of nitrogens with zero attached hydrogens (tertiary/aromatic N) is 1. The molecule has 124 valence electrons. The Morgan fingerprint density at radius 2 is 1.91 bits per heavy atom. The van der Waals surface area contributed by atoms with Crippen molar-refractivity contribution in [3.05, 3.63) is 29.8 Å². The summed E-state index contributed by atoms with van der Waals surface area (Å²) in [5.41, 5.74) is 0.747. The van der Waals surface area contributed by atoms with Crippen LogP contribution in [0.3, 0.4) is 0 Å². The maximum atomic E-state index is 12.5. The lowest BCUT2D eigenvalue weighted by molar-refractivity contribution is -0.0506. The fourth-order valence-corrected chi connectivity index (χ4v) is 2.65. The average Bonchev–Trinajstić information content (AvgIpc) is 2.53. The van der Waals surface area contributed by atoms with E-state index < -0.39 is 6.61 Å². The van der Waals surface area contributed by atoms with Crippen LogP contribution in [0.15, 0.2) is 24.3 Å². The second-order valence-electron chi connectivity index (χ2n) is 5.54.